The van der Waals surface area contributed by atoms with Gasteiger partial charge in [0.1, 0.15) is 12.1 Å². The van der Waals surface area contributed by atoms with Gasteiger partial charge >= 0.3 is 0 Å². The topological polar surface area (TPSA) is 57.3 Å². The number of halogens is 1. The molecular formula is C26H28FN5O. The Bertz CT molecular complexity index is 1220. The third-order valence-corrected chi connectivity index (χ3v) is 6.98. The van der Waals surface area contributed by atoms with Gasteiger partial charge in [-0.25, -0.2) is 9.97 Å². The molecule has 33 heavy (non-hydrogen) atoms. The predicted molar refractivity (Wildman–Crippen MR) is 125 cm³/mol. The van der Waals surface area contributed by atoms with Gasteiger partial charge in [0.25, 0.3) is 0 Å². The lowest BCUT2D eigenvalue weighted by Crippen LogP contribution is -2.53. The van der Waals surface area contributed by atoms with Crippen LogP contribution in [0.4, 0.5) is 4.39 Å². The molecule has 3 aromatic rings. The van der Waals surface area contributed by atoms with E-state index in [1.165, 1.54) is 22.3 Å². The lowest BCUT2D eigenvalue weighted by atomic mass is 9.90. The molecule has 2 aliphatic heterocycles. The van der Waals surface area contributed by atoms with Crippen LogP contribution < -0.4 is 4.74 Å². The Morgan fingerprint density at radius 2 is 2.00 bits per heavy atom. The number of para-hydroxylation sites is 1. The third-order valence-electron chi connectivity index (χ3n) is 6.98. The van der Waals surface area contributed by atoms with Gasteiger partial charge in [-0.3, -0.25) is 9.29 Å². The summed E-state index contributed by atoms with van der Waals surface area (Å²) in [5.41, 5.74) is 8.27. The largest absolute Gasteiger partial charge is 0.485 e. The average molecular weight is 446 g/mol. The maximum atomic E-state index is 12.3. The Hall–Kier alpha value is -3.15. The van der Waals surface area contributed by atoms with E-state index in [9.17, 15) is 4.39 Å². The van der Waals surface area contributed by atoms with Crippen LogP contribution in [0.15, 0.2) is 54.2 Å². The van der Waals surface area contributed by atoms with Crippen molar-refractivity contribution < 1.29 is 9.13 Å². The second kappa shape index (κ2) is 8.32. The highest BCUT2D eigenvalue weighted by atomic mass is 19.1. The van der Waals surface area contributed by atoms with Crippen molar-refractivity contribution in [3.63, 3.8) is 0 Å². The van der Waals surface area contributed by atoms with E-state index < -0.39 is 0 Å². The summed E-state index contributed by atoms with van der Waals surface area (Å²) in [4.78, 5) is 17.8. The van der Waals surface area contributed by atoms with Gasteiger partial charge in [0.05, 0.1) is 30.5 Å². The van der Waals surface area contributed by atoms with E-state index >= 15 is 0 Å². The number of nitrogens with one attached hydrogen (secondary N) is 1. The normalized spacial score (nSPS) is 22.6. The summed E-state index contributed by atoms with van der Waals surface area (Å²) >= 11 is 0. The van der Waals surface area contributed by atoms with Gasteiger partial charge in [-0.1, -0.05) is 18.2 Å². The van der Waals surface area contributed by atoms with Gasteiger partial charge in [0, 0.05) is 43.0 Å². The van der Waals surface area contributed by atoms with Crippen LogP contribution in [0.3, 0.4) is 0 Å². The number of nitrogens with zero attached hydrogens (tertiary/aromatic N) is 4. The molecule has 0 unspecified atom stereocenters. The summed E-state index contributed by atoms with van der Waals surface area (Å²) in [7, 11) is 0. The summed E-state index contributed by atoms with van der Waals surface area (Å²) in [6.45, 7) is 4.45. The first-order valence-corrected chi connectivity index (χ1v) is 11.8. The van der Waals surface area contributed by atoms with E-state index in [0.717, 1.165) is 43.8 Å². The number of alkyl halides is 1. The van der Waals surface area contributed by atoms with Crippen molar-refractivity contribution >= 4 is 10.9 Å². The molecule has 170 valence electrons. The molecule has 0 spiro atoms. The fraction of sp³-hybridized carbons (Fsp3) is 0.423. The monoisotopic (exact) mass is 445 g/mol. The first-order valence-electron chi connectivity index (χ1n) is 11.8. The van der Waals surface area contributed by atoms with Crippen LogP contribution in [0.5, 0.6) is 5.75 Å². The summed E-state index contributed by atoms with van der Waals surface area (Å²) < 4.78 is 18.4. The number of benzene rings is 1. The second-order valence-electron chi connectivity index (χ2n) is 9.24. The summed E-state index contributed by atoms with van der Waals surface area (Å²) in [6, 6.07) is 8.74. The van der Waals surface area contributed by atoms with Crippen molar-refractivity contribution in [3.8, 4) is 5.75 Å². The maximum Gasteiger partial charge on any atom is 0.157 e. The van der Waals surface area contributed by atoms with Gasteiger partial charge < -0.3 is 14.6 Å². The molecule has 1 N–H and O–H groups in total. The average Bonchev–Trinajstić information content (AvgIpc) is 3.13. The molecule has 3 aliphatic rings. The Labute approximate surface area is 192 Å². The van der Waals surface area contributed by atoms with Gasteiger partial charge in [0.15, 0.2) is 11.6 Å². The van der Waals surface area contributed by atoms with E-state index in [1.54, 1.807) is 12.4 Å². The maximum absolute atomic E-state index is 12.3. The lowest BCUT2D eigenvalue weighted by Gasteiger charge is -2.43. The minimum Gasteiger partial charge on any atom is -0.485 e. The molecule has 2 atom stereocenters. The van der Waals surface area contributed by atoms with Crippen molar-refractivity contribution in [1.29, 1.82) is 0 Å². The SMILES string of the molecule is C[C@@H]1Cc2c([nH]c3ccccc23)[C@@H](c2ncc(OC3CN(CCCF)C3)cn2)N1C1=C=CC1. The molecule has 1 aliphatic carbocycles. The van der Waals surface area contributed by atoms with Crippen LogP contribution in [0.2, 0.25) is 0 Å². The number of likely N-dealkylation sites (tertiary alicyclic amines) is 1. The number of fused-ring (bicyclic) bond motifs is 3. The van der Waals surface area contributed by atoms with E-state index in [4.69, 9.17) is 14.7 Å². The van der Waals surface area contributed by atoms with Crippen molar-refractivity contribution in [2.24, 2.45) is 0 Å². The van der Waals surface area contributed by atoms with Crippen LogP contribution in [-0.2, 0) is 6.42 Å². The fourth-order valence-corrected chi connectivity index (χ4v) is 5.29. The Kier molecular flexibility index (Phi) is 5.16. The van der Waals surface area contributed by atoms with Crippen LogP contribution in [-0.4, -0.2) is 63.2 Å². The molecule has 0 radical (unpaired) electrons. The van der Waals surface area contributed by atoms with Gasteiger partial charge in [0.2, 0.25) is 0 Å². The Balaban J connectivity index is 1.28. The smallest absolute Gasteiger partial charge is 0.157 e. The van der Waals surface area contributed by atoms with Crippen LogP contribution in [0.1, 0.15) is 42.9 Å². The van der Waals surface area contributed by atoms with E-state index in [0.29, 0.717) is 18.2 Å². The molecule has 6 nitrogen and oxygen atoms in total. The van der Waals surface area contributed by atoms with Crippen LogP contribution in [0.25, 0.3) is 10.9 Å². The highest BCUT2D eigenvalue weighted by molar-refractivity contribution is 5.85. The molecule has 7 heteroatoms. The number of ether oxygens (including phenoxy) is 1. The number of H-pyrrole nitrogens is 1. The van der Waals surface area contributed by atoms with Crippen molar-refractivity contribution in [2.45, 2.75) is 44.4 Å². The standard InChI is InChI=1S/C26H28FN5O/c1-17-12-22-21-8-2-3-9-23(21)30-24(22)25(32(17)18-6-4-7-18)26-28-13-19(14-29-26)33-20-15-31(16-20)11-5-10-27/h2-4,8-9,13-14,17,20,25,30H,5-6,10-12,15-16H2,1H3/t17-,25+/m1/s1. The minimum atomic E-state index is -0.265. The zero-order valence-electron chi connectivity index (χ0n) is 18.8. The number of hydrogen-bond donors (Lipinski definition) is 1. The van der Waals surface area contributed by atoms with Gasteiger partial charge in [-0.15, -0.1) is 5.73 Å². The second-order valence-corrected chi connectivity index (χ2v) is 9.24. The van der Waals surface area contributed by atoms with Gasteiger partial charge in [-0.05, 0) is 37.5 Å². The van der Waals surface area contributed by atoms with Crippen molar-refractivity contribution in [1.82, 2.24) is 24.8 Å². The van der Waals surface area contributed by atoms with E-state index in [1.807, 2.05) is 0 Å². The summed E-state index contributed by atoms with van der Waals surface area (Å²) in [6.07, 6.45) is 8.26. The highest BCUT2D eigenvalue weighted by Gasteiger charge is 2.39. The molecular weight excluding hydrogens is 417 g/mol. The van der Waals surface area contributed by atoms with Gasteiger partial charge in [-0.2, -0.15) is 0 Å². The number of aromatic nitrogens is 3. The quantitative estimate of drug-likeness (QED) is 0.554. The Morgan fingerprint density at radius 1 is 1.21 bits per heavy atom. The molecule has 1 aromatic carbocycles. The van der Waals surface area contributed by atoms with Crippen molar-refractivity contribution in [2.75, 3.05) is 26.3 Å². The molecule has 0 saturated carbocycles. The van der Waals surface area contributed by atoms with Crippen LogP contribution in [0, 0.1) is 0 Å². The molecule has 4 heterocycles. The van der Waals surface area contributed by atoms with E-state index in [2.05, 4.69) is 57.8 Å². The zero-order valence-corrected chi connectivity index (χ0v) is 18.8. The predicted octanol–water partition coefficient (Wildman–Crippen LogP) is 4.16. The Morgan fingerprint density at radius 3 is 2.73 bits per heavy atom. The molecule has 0 bridgehead atoms. The first kappa shape index (κ1) is 20.5. The minimum absolute atomic E-state index is 0.0821. The first-order chi connectivity index (χ1) is 16.2. The van der Waals surface area contributed by atoms with E-state index in [-0.39, 0.29) is 18.8 Å². The fourth-order valence-electron chi connectivity index (χ4n) is 5.29. The number of hydrogen-bond acceptors (Lipinski definition) is 5. The number of rotatable bonds is 7. The molecule has 1 saturated heterocycles. The van der Waals surface area contributed by atoms with Crippen molar-refractivity contribution in [3.05, 3.63) is 71.2 Å². The molecule has 2 aromatic heterocycles. The summed E-state index contributed by atoms with van der Waals surface area (Å²) in [5.74, 6) is 1.45. The summed E-state index contributed by atoms with van der Waals surface area (Å²) in [5, 5.41) is 1.28. The molecule has 6 rings (SSSR count). The molecule has 1 fully saturated rings. The third kappa shape index (κ3) is 3.62. The lowest BCUT2D eigenvalue weighted by molar-refractivity contribution is 0.0179. The molecule has 0 amide bonds. The zero-order chi connectivity index (χ0) is 22.4. The highest BCUT2D eigenvalue weighted by Crippen LogP contribution is 2.42. The van der Waals surface area contributed by atoms with Crippen LogP contribution >= 0.6 is 0 Å². The number of aromatic amines is 1.